The number of nitrogens with zero attached hydrogens (tertiary/aromatic N) is 4. The first-order valence-corrected chi connectivity index (χ1v) is 12.0. The van der Waals surface area contributed by atoms with E-state index < -0.39 is 10.0 Å². The molecule has 2 heterocycles. The van der Waals surface area contributed by atoms with Crippen molar-refractivity contribution in [3.8, 4) is 28.8 Å². The smallest absolute Gasteiger partial charge is 0.240 e. The van der Waals surface area contributed by atoms with E-state index in [1.807, 2.05) is 19.1 Å². The summed E-state index contributed by atoms with van der Waals surface area (Å²) in [6.07, 6.45) is 0. The fraction of sp³-hybridized carbons (Fsp3) is 0.261. The van der Waals surface area contributed by atoms with Crippen LogP contribution in [-0.4, -0.2) is 55.6 Å². The molecule has 4 rings (SSSR count). The Balaban J connectivity index is 1.47. The second kappa shape index (κ2) is 9.65. The zero-order valence-corrected chi connectivity index (χ0v) is 20.1. The third-order valence-corrected chi connectivity index (χ3v) is 6.77. The third-order valence-electron chi connectivity index (χ3n) is 5.14. The predicted octanol–water partition coefficient (Wildman–Crippen LogP) is 2.78. The summed E-state index contributed by atoms with van der Waals surface area (Å²) in [5, 5.41) is 12.8. The van der Waals surface area contributed by atoms with Crippen molar-refractivity contribution < 1.29 is 22.6 Å². The van der Waals surface area contributed by atoms with E-state index in [2.05, 4.69) is 20.0 Å². The second-order valence-corrected chi connectivity index (χ2v) is 9.29. The zero-order valence-electron chi connectivity index (χ0n) is 19.3. The van der Waals surface area contributed by atoms with E-state index in [0.717, 1.165) is 11.1 Å². The van der Waals surface area contributed by atoms with Gasteiger partial charge in [0, 0.05) is 18.2 Å². The minimum Gasteiger partial charge on any atom is -0.493 e. The molecule has 0 saturated carbocycles. The number of aromatic nitrogens is 4. The Bertz CT molecular complexity index is 1440. The van der Waals surface area contributed by atoms with Gasteiger partial charge in [-0.3, -0.25) is 0 Å². The van der Waals surface area contributed by atoms with E-state index >= 15 is 0 Å². The zero-order chi connectivity index (χ0) is 24.3. The second-order valence-electron chi connectivity index (χ2n) is 7.55. The van der Waals surface area contributed by atoms with Gasteiger partial charge in [0.1, 0.15) is 6.61 Å². The van der Waals surface area contributed by atoms with Crippen molar-refractivity contribution in [3.63, 3.8) is 0 Å². The average molecular weight is 484 g/mol. The molecule has 0 spiro atoms. The summed E-state index contributed by atoms with van der Waals surface area (Å²) in [5.41, 5.74) is 2.96. The van der Waals surface area contributed by atoms with Crippen LogP contribution in [0.25, 0.3) is 17.0 Å². The van der Waals surface area contributed by atoms with Crippen LogP contribution in [-0.2, 0) is 10.0 Å². The Morgan fingerprint density at radius 1 is 0.941 bits per heavy atom. The molecule has 178 valence electrons. The lowest BCUT2D eigenvalue weighted by Gasteiger charge is -2.11. The van der Waals surface area contributed by atoms with Gasteiger partial charge in [0.05, 0.1) is 19.1 Å². The molecular weight excluding hydrogens is 458 g/mol. The van der Waals surface area contributed by atoms with E-state index in [1.54, 1.807) is 62.1 Å². The molecule has 2 aromatic carbocycles. The highest BCUT2D eigenvalue weighted by molar-refractivity contribution is 7.89. The van der Waals surface area contributed by atoms with Gasteiger partial charge in [-0.1, -0.05) is 17.7 Å². The number of benzene rings is 2. The van der Waals surface area contributed by atoms with Crippen molar-refractivity contribution >= 4 is 15.7 Å². The van der Waals surface area contributed by atoms with Gasteiger partial charge in [0.15, 0.2) is 23.0 Å². The quantitative estimate of drug-likeness (QED) is 0.361. The molecule has 0 atom stereocenters. The molecule has 10 nitrogen and oxygen atoms in total. The standard InChI is InChI=1S/C23H25N5O5S/c1-15-5-8-20(16(2)13-15)34(29,30)24-11-12-33-22-10-9-21-25-26-23(28(21)27-22)17-6-7-18(31-3)19(14-17)32-4/h5-10,13-14,24H,11-12H2,1-4H3. The van der Waals surface area contributed by atoms with E-state index in [4.69, 9.17) is 14.2 Å². The van der Waals surface area contributed by atoms with E-state index in [-0.39, 0.29) is 18.0 Å². The normalized spacial score (nSPS) is 11.5. The Morgan fingerprint density at radius 3 is 2.47 bits per heavy atom. The van der Waals surface area contributed by atoms with Gasteiger partial charge in [-0.2, -0.15) is 4.52 Å². The molecule has 0 bridgehead atoms. The molecule has 0 amide bonds. The fourth-order valence-corrected chi connectivity index (χ4v) is 4.75. The van der Waals surface area contributed by atoms with Gasteiger partial charge in [-0.05, 0) is 49.7 Å². The number of sulfonamides is 1. The molecule has 0 unspecified atom stereocenters. The van der Waals surface area contributed by atoms with Gasteiger partial charge in [0.2, 0.25) is 15.9 Å². The van der Waals surface area contributed by atoms with E-state index in [1.165, 1.54) is 0 Å². The molecule has 0 aliphatic heterocycles. The van der Waals surface area contributed by atoms with Crippen LogP contribution < -0.4 is 18.9 Å². The summed E-state index contributed by atoms with van der Waals surface area (Å²) < 4.78 is 45.6. The number of methoxy groups -OCH3 is 2. The first-order chi connectivity index (χ1) is 16.3. The van der Waals surface area contributed by atoms with Crippen LogP contribution in [0, 0.1) is 13.8 Å². The lowest BCUT2D eigenvalue weighted by Crippen LogP contribution is -2.29. The van der Waals surface area contributed by atoms with Gasteiger partial charge in [0.25, 0.3) is 0 Å². The minimum absolute atomic E-state index is 0.0834. The van der Waals surface area contributed by atoms with Crippen LogP contribution in [0.3, 0.4) is 0 Å². The number of nitrogens with one attached hydrogen (secondary N) is 1. The number of rotatable bonds is 9. The number of aryl methyl sites for hydroxylation is 2. The number of ether oxygens (including phenoxy) is 3. The number of hydrogen-bond donors (Lipinski definition) is 1. The number of hydrogen-bond acceptors (Lipinski definition) is 8. The van der Waals surface area contributed by atoms with E-state index in [0.29, 0.717) is 34.4 Å². The van der Waals surface area contributed by atoms with Crippen molar-refractivity contribution in [3.05, 3.63) is 59.7 Å². The highest BCUT2D eigenvalue weighted by Crippen LogP contribution is 2.31. The summed E-state index contributed by atoms with van der Waals surface area (Å²) in [4.78, 5) is 0.252. The molecular formula is C23H25N5O5S. The maximum atomic E-state index is 12.6. The molecule has 11 heteroatoms. The van der Waals surface area contributed by atoms with Crippen LogP contribution >= 0.6 is 0 Å². The minimum atomic E-state index is -3.64. The molecule has 2 aromatic heterocycles. The first-order valence-electron chi connectivity index (χ1n) is 10.5. The third kappa shape index (κ3) is 4.80. The van der Waals surface area contributed by atoms with Crippen LogP contribution in [0.4, 0.5) is 0 Å². The monoisotopic (exact) mass is 483 g/mol. The molecule has 0 aliphatic carbocycles. The molecule has 0 radical (unpaired) electrons. The maximum absolute atomic E-state index is 12.6. The first kappa shape index (κ1) is 23.5. The topological polar surface area (TPSA) is 117 Å². The lowest BCUT2D eigenvalue weighted by atomic mass is 10.2. The predicted molar refractivity (Wildman–Crippen MR) is 126 cm³/mol. The van der Waals surface area contributed by atoms with Crippen LogP contribution in [0.15, 0.2) is 53.4 Å². The summed E-state index contributed by atoms with van der Waals surface area (Å²) in [5.74, 6) is 1.96. The van der Waals surface area contributed by atoms with Gasteiger partial charge in [-0.25, -0.2) is 13.1 Å². The number of fused-ring (bicyclic) bond motifs is 1. The van der Waals surface area contributed by atoms with Gasteiger partial charge >= 0.3 is 0 Å². The van der Waals surface area contributed by atoms with Crippen LogP contribution in [0.5, 0.6) is 17.4 Å². The van der Waals surface area contributed by atoms with Gasteiger partial charge < -0.3 is 14.2 Å². The van der Waals surface area contributed by atoms with E-state index in [9.17, 15) is 8.42 Å². The van der Waals surface area contributed by atoms with Gasteiger partial charge in [-0.15, -0.1) is 15.3 Å². The summed E-state index contributed by atoms with van der Waals surface area (Å²) >= 11 is 0. The van der Waals surface area contributed by atoms with Crippen molar-refractivity contribution in [1.29, 1.82) is 0 Å². The summed E-state index contributed by atoms with van der Waals surface area (Å²) in [6, 6.07) is 14.0. The fourth-order valence-electron chi connectivity index (χ4n) is 3.51. The van der Waals surface area contributed by atoms with Crippen LogP contribution in [0.1, 0.15) is 11.1 Å². The molecule has 0 saturated heterocycles. The highest BCUT2D eigenvalue weighted by atomic mass is 32.2. The molecule has 0 aliphatic rings. The Morgan fingerprint density at radius 2 is 1.74 bits per heavy atom. The molecule has 4 aromatic rings. The van der Waals surface area contributed by atoms with Crippen molar-refractivity contribution in [2.24, 2.45) is 0 Å². The Labute approximate surface area is 197 Å². The lowest BCUT2D eigenvalue weighted by molar-refractivity contribution is 0.306. The Kier molecular flexibility index (Phi) is 6.66. The average Bonchev–Trinajstić information content (AvgIpc) is 3.24. The Hall–Kier alpha value is -3.70. The SMILES string of the molecule is COc1ccc(-c2nnc3ccc(OCCNS(=O)(=O)c4ccc(C)cc4C)nn23)cc1OC. The highest BCUT2D eigenvalue weighted by Gasteiger charge is 2.17. The van der Waals surface area contributed by atoms with Crippen molar-refractivity contribution in [1.82, 2.24) is 24.5 Å². The molecule has 0 fully saturated rings. The van der Waals surface area contributed by atoms with Crippen molar-refractivity contribution in [2.75, 3.05) is 27.4 Å². The summed E-state index contributed by atoms with van der Waals surface area (Å²) in [6.45, 7) is 3.86. The molecule has 34 heavy (non-hydrogen) atoms. The van der Waals surface area contributed by atoms with Crippen LogP contribution in [0.2, 0.25) is 0 Å². The van der Waals surface area contributed by atoms with Crippen molar-refractivity contribution in [2.45, 2.75) is 18.7 Å². The summed E-state index contributed by atoms with van der Waals surface area (Å²) in [7, 11) is -0.516. The maximum Gasteiger partial charge on any atom is 0.240 e. The molecule has 1 N–H and O–H groups in total. The largest absolute Gasteiger partial charge is 0.493 e.